The van der Waals surface area contributed by atoms with Crippen molar-refractivity contribution in [3.8, 4) is 0 Å². The second-order valence-electron chi connectivity index (χ2n) is 4.46. The minimum atomic E-state index is -0.496. The molecule has 0 saturated carbocycles. The Morgan fingerprint density at radius 1 is 1.14 bits per heavy atom. The molecule has 0 unspecified atom stereocenters. The van der Waals surface area contributed by atoms with E-state index in [4.69, 9.17) is 17.3 Å². The third-order valence-electron chi connectivity index (χ3n) is 2.97. The predicted molar refractivity (Wildman–Crippen MR) is 88.1 cm³/mol. The molecular weight excluding hydrogens is 304 g/mol. The highest BCUT2D eigenvalue weighted by atomic mass is 35.5. The van der Waals surface area contributed by atoms with Gasteiger partial charge in [-0.2, -0.15) is 0 Å². The quantitative estimate of drug-likeness (QED) is 0.743. The van der Waals surface area contributed by atoms with Gasteiger partial charge in [0.1, 0.15) is 5.01 Å². The van der Waals surface area contributed by atoms with Crippen molar-refractivity contribution < 1.29 is 4.79 Å². The first-order valence-electron chi connectivity index (χ1n) is 6.26. The molecule has 0 spiro atoms. The summed E-state index contributed by atoms with van der Waals surface area (Å²) in [5.41, 5.74) is 7.62. The molecule has 2 N–H and O–H groups in total. The standard InChI is InChI=1S/C16H11ClN2OS/c17-11-7-5-10(6-8-11)9-12(15(18)20)16-19-13-3-1-2-4-14(13)21-16/h1-9H,(H2,18,20). The number of fused-ring (bicyclic) bond motifs is 1. The average Bonchev–Trinajstić information content (AvgIpc) is 2.89. The number of para-hydroxylation sites is 1. The highest BCUT2D eigenvalue weighted by molar-refractivity contribution is 7.19. The lowest BCUT2D eigenvalue weighted by Gasteiger charge is -2.00. The van der Waals surface area contributed by atoms with Crippen molar-refractivity contribution in [2.45, 2.75) is 0 Å². The summed E-state index contributed by atoms with van der Waals surface area (Å²) >= 11 is 7.31. The van der Waals surface area contributed by atoms with E-state index in [2.05, 4.69) is 4.98 Å². The van der Waals surface area contributed by atoms with Crippen LogP contribution in [0, 0.1) is 0 Å². The van der Waals surface area contributed by atoms with Crippen LogP contribution >= 0.6 is 22.9 Å². The molecule has 0 atom stereocenters. The van der Waals surface area contributed by atoms with Crippen LogP contribution in [0.3, 0.4) is 0 Å². The van der Waals surface area contributed by atoms with Crippen LogP contribution in [0.4, 0.5) is 0 Å². The van der Waals surface area contributed by atoms with E-state index in [1.54, 1.807) is 18.2 Å². The predicted octanol–water partition coefficient (Wildman–Crippen LogP) is 3.98. The maximum Gasteiger partial charge on any atom is 0.251 e. The van der Waals surface area contributed by atoms with Gasteiger partial charge in [-0.1, -0.05) is 35.9 Å². The van der Waals surface area contributed by atoms with E-state index >= 15 is 0 Å². The Balaban J connectivity index is 2.09. The molecule has 1 aromatic heterocycles. The number of hydrogen-bond donors (Lipinski definition) is 1. The lowest BCUT2D eigenvalue weighted by molar-refractivity contribution is -0.112. The number of hydrogen-bond acceptors (Lipinski definition) is 3. The molecule has 1 heterocycles. The van der Waals surface area contributed by atoms with E-state index in [9.17, 15) is 4.79 Å². The van der Waals surface area contributed by atoms with Crippen molar-refractivity contribution in [1.29, 1.82) is 0 Å². The van der Waals surface area contributed by atoms with Crippen LogP contribution in [0.15, 0.2) is 48.5 Å². The van der Waals surface area contributed by atoms with E-state index in [1.165, 1.54) is 11.3 Å². The van der Waals surface area contributed by atoms with Gasteiger partial charge in [-0.3, -0.25) is 4.79 Å². The number of primary amides is 1. The average molecular weight is 315 g/mol. The number of thiazole rings is 1. The fourth-order valence-corrected chi connectivity index (χ4v) is 3.06. The van der Waals surface area contributed by atoms with Crippen LogP contribution in [0.5, 0.6) is 0 Å². The highest BCUT2D eigenvalue weighted by Crippen LogP contribution is 2.28. The molecule has 0 aliphatic heterocycles. The molecule has 5 heteroatoms. The lowest BCUT2D eigenvalue weighted by atomic mass is 10.1. The summed E-state index contributed by atoms with van der Waals surface area (Å²) in [5.74, 6) is -0.496. The first kappa shape index (κ1) is 13.8. The summed E-state index contributed by atoms with van der Waals surface area (Å²) in [6.45, 7) is 0. The second kappa shape index (κ2) is 5.68. The molecule has 0 saturated heterocycles. The number of halogens is 1. The highest BCUT2D eigenvalue weighted by Gasteiger charge is 2.13. The van der Waals surface area contributed by atoms with E-state index in [-0.39, 0.29) is 0 Å². The van der Waals surface area contributed by atoms with E-state index < -0.39 is 5.91 Å². The summed E-state index contributed by atoms with van der Waals surface area (Å²) in [5, 5.41) is 1.27. The molecule has 0 aliphatic rings. The van der Waals surface area contributed by atoms with Crippen LogP contribution in [-0.4, -0.2) is 10.9 Å². The monoisotopic (exact) mass is 314 g/mol. The van der Waals surface area contributed by atoms with E-state index in [1.807, 2.05) is 36.4 Å². The van der Waals surface area contributed by atoms with Crippen molar-refractivity contribution in [3.05, 3.63) is 64.1 Å². The molecular formula is C16H11ClN2OS. The van der Waals surface area contributed by atoms with Gasteiger partial charge in [0.2, 0.25) is 0 Å². The van der Waals surface area contributed by atoms with E-state index in [0.29, 0.717) is 15.6 Å². The van der Waals surface area contributed by atoms with Crippen LogP contribution in [-0.2, 0) is 4.79 Å². The van der Waals surface area contributed by atoms with Crippen LogP contribution in [0.2, 0.25) is 5.02 Å². The summed E-state index contributed by atoms with van der Waals surface area (Å²) in [4.78, 5) is 16.2. The van der Waals surface area contributed by atoms with Crippen LogP contribution < -0.4 is 5.73 Å². The third kappa shape index (κ3) is 2.96. The molecule has 104 valence electrons. The Bertz CT molecular complexity index is 804. The topological polar surface area (TPSA) is 56.0 Å². The number of rotatable bonds is 3. The second-order valence-corrected chi connectivity index (χ2v) is 5.93. The molecule has 3 aromatic rings. The van der Waals surface area contributed by atoms with Gasteiger partial charge in [-0.15, -0.1) is 11.3 Å². The third-order valence-corrected chi connectivity index (χ3v) is 4.29. The molecule has 0 radical (unpaired) electrons. The van der Waals surface area contributed by atoms with Crippen molar-refractivity contribution in [3.63, 3.8) is 0 Å². The first-order chi connectivity index (χ1) is 10.1. The molecule has 0 bridgehead atoms. The van der Waals surface area contributed by atoms with Gasteiger partial charge in [-0.25, -0.2) is 4.98 Å². The largest absolute Gasteiger partial charge is 0.366 e. The maximum absolute atomic E-state index is 11.7. The normalized spacial score (nSPS) is 11.8. The van der Waals surface area contributed by atoms with Crippen LogP contribution in [0.25, 0.3) is 21.9 Å². The molecule has 2 aromatic carbocycles. The Morgan fingerprint density at radius 3 is 2.52 bits per heavy atom. The fourth-order valence-electron chi connectivity index (χ4n) is 1.95. The minimum Gasteiger partial charge on any atom is -0.366 e. The van der Waals surface area contributed by atoms with Gasteiger partial charge < -0.3 is 5.73 Å². The number of carbonyl (C=O) groups is 1. The van der Waals surface area contributed by atoms with Gasteiger partial charge in [0.15, 0.2) is 0 Å². The summed E-state index contributed by atoms with van der Waals surface area (Å²) < 4.78 is 1.02. The SMILES string of the molecule is NC(=O)C(=Cc1ccc(Cl)cc1)c1nc2ccccc2s1. The molecule has 0 fully saturated rings. The van der Waals surface area contributed by atoms with Gasteiger partial charge in [0.05, 0.1) is 15.8 Å². The molecule has 21 heavy (non-hydrogen) atoms. The van der Waals surface area contributed by atoms with Crippen molar-refractivity contribution in [2.75, 3.05) is 0 Å². The van der Waals surface area contributed by atoms with Crippen molar-refractivity contribution in [2.24, 2.45) is 5.73 Å². The van der Waals surface area contributed by atoms with Gasteiger partial charge in [0.25, 0.3) is 5.91 Å². The molecule has 3 rings (SSSR count). The number of nitrogens with zero attached hydrogens (tertiary/aromatic N) is 1. The molecule has 3 nitrogen and oxygen atoms in total. The number of nitrogens with two attached hydrogens (primary N) is 1. The lowest BCUT2D eigenvalue weighted by Crippen LogP contribution is -2.12. The smallest absolute Gasteiger partial charge is 0.251 e. The number of benzene rings is 2. The molecule has 0 aliphatic carbocycles. The molecule has 1 amide bonds. The van der Waals surface area contributed by atoms with Gasteiger partial charge >= 0.3 is 0 Å². The zero-order valence-corrected chi connectivity index (χ0v) is 12.5. The van der Waals surface area contributed by atoms with Crippen molar-refractivity contribution in [1.82, 2.24) is 4.98 Å². The Morgan fingerprint density at radius 2 is 1.86 bits per heavy atom. The fraction of sp³-hybridized carbons (Fsp3) is 0. The maximum atomic E-state index is 11.7. The zero-order valence-electron chi connectivity index (χ0n) is 10.9. The van der Waals surface area contributed by atoms with Crippen LogP contribution in [0.1, 0.15) is 10.6 Å². The van der Waals surface area contributed by atoms with Crippen molar-refractivity contribution >= 4 is 50.7 Å². The summed E-state index contributed by atoms with van der Waals surface area (Å²) in [6, 6.07) is 14.9. The minimum absolute atomic E-state index is 0.401. The summed E-state index contributed by atoms with van der Waals surface area (Å²) in [6.07, 6.45) is 1.73. The Labute approximate surface area is 130 Å². The Kier molecular flexibility index (Phi) is 3.73. The van der Waals surface area contributed by atoms with Gasteiger partial charge in [0, 0.05) is 5.02 Å². The number of aromatic nitrogens is 1. The summed E-state index contributed by atoms with van der Waals surface area (Å²) in [7, 11) is 0. The van der Waals surface area contributed by atoms with Gasteiger partial charge in [-0.05, 0) is 35.9 Å². The first-order valence-corrected chi connectivity index (χ1v) is 7.46. The number of amides is 1. The van der Waals surface area contributed by atoms with E-state index in [0.717, 1.165) is 15.8 Å². The zero-order chi connectivity index (χ0) is 14.8. The Hall–Kier alpha value is -2.17. The number of carbonyl (C=O) groups excluding carboxylic acids is 1.